The fourth-order valence-corrected chi connectivity index (χ4v) is 3.40. The van der Waals surface area contributed by atoms with Crippen molar-refractivity contribution in [3.8, 4) is 5.75 Å². The Bertz CT molecular complexity index is 628. The Labute approximate surface area is 119 Å². The number of nitrogens with zero attached hydrogens (tertiary/aromatic N) is 2. The number of ether oxygens (including phenoxy) is 1. The second kappa shape index (κ2) is 4.98. The van der Waals surface area contributed by atoms with Gasteiger partial charge in [-0.3, -0.25) is 9.69 Å². The summed E-state index contributed by atoms with van der Waals surface area (Å²) in [5.74, 6) is 0.872. The number of amides is 1. The number of halogens is 1. The lowest BCUT2D eigenvalue weighted by Crippen LogP contribution is -2.24. The smallest absolute Gasteiger partial charge is 0.230 e. The number of thiazole rings is 1. The highest BCUT2D eigenvalue weighted by Crippen LogP contribution is 2.34. The van der Waals surface area contributed by atoms with E-state index < -0.39 is 0 Å². The molecule has 1 aliphatic heterocycles. The molecule has 0 radical (unpaired) electrons. The minimum atomic E-state index is -0.113. The number of fused-ring (bicyclic) bond motifs is 1. The average molecular weight is 297 g/mol. The number of anilines is 1. The fraction of sp³-hybridized carbons (Fsp3) is 0.385. The zero-order valence-electron chi connectivity index (χ0n) is 10.4. The molecule has 2 aromatic rings. The molecule has 100 valence electrons. The topological polar surface area (TPSA) is 42.4 Å². The standard InChI is InChI=1S/C13H13ClN2O2S/c1-2-18-9-3-4-10-11(6-9)19-13(15-10)16-7-8(14)5-12(16)17/h3-4,6,8H,2,5,7H2,1H3. The van der Waals surface area contributed by atoms with Gasteiger partial charge in [0.25, 0.3) is 0 Å². The van der Waals surface area contributed by atoms with Gasteiger partial charge in [-0.05, 0) is 25.1 Å². The van der Waals surface area contributed by atoms with Gasteiger partial charge in [0.05, 0.1) is 22.2 Å². The van der Waals surface area contributed by atoms with Crippen molar-refractivity contribution in [3.05, 3.63) is 18.2 Å². The van der Waals surface area contributed by atoms with Crippen LogP contribution >= 0.6 is 22.9 Å². The van der Waals surface area contributed by atoms with E-state index in [9.17, 15) is 4.79 Å². The van der Waals surface area contributed by atoms with Crippen molar-refractivity contribution in [2.24, 2.45) is 0 Å². The number of hydrogen-bond donors (Lipinski definition) is 0. The molecule has 1 aromatic carbocycles. The molecule has 0 saturated carbocycles. The first kappa shape index (κ1) is 12.7. The van der Waals surface area contributed by atoms with Crippen LogP contribution in [0.5, 0.6) is 5.75 Å². The highest BCUT2D eigenvalue weighted by molar-refractivity contribution is 7.22. The zero-order chi connectivity index (χ0) is 13.4. The number of rotatable bonds is 3. The molecule has 1 fully saturated rings. The van der Waals surface area contributed by atoms with Gasteiger partial charge < -0.3 is 4.74 Å². The van der Waals surface area contributed by atoms with Gasteiger partial charge in [-0.1, -0.05) is 11.3 Å². The summed E-state index contributed by atoms with van der Waals surface area (Å²) in [6, 6.07) is 5.77. The molecule has 1 atom stereocenters. The van der Waals surface area contributed by atoms with E-state index in [0.29, 0.717) is 19.6 Å². The van der Waals surface area contributed by atoms with Crippen LogP contribution in [0.4, 0.5) is 5.13 Å². The molecule has 1 amide bonds. The van der Waals surface area contributed by atoms with Crippen LogP contribution in [0.15, 0.2) is 18.2 Å². The molecule has 1 saturated heterocycles. The van der Waals surface area contributed by atoms with E-state index in [2.05, 4.69) is 4.98 Å². The van der Waals surface area contributed by atoms with E-state index in [1.54, 1.807) is 4.90 Å². The van der Waals surface area contributed by atoms with Crippen molar-refractivity contribution in [2.45, 2.75) is 18.7 Å². The largest absolute Gasteiger partial charge is 0.494 e. The summed E-state index contributed by atoms with van der Waals surface area (Å²) in [4.78, 5) is 18.0. The van der Waals surface area contributed by atoms with Gasteiger partial charge >= 0.3 is 0 Å². The van der Waals surface area contributed by atoms with Gasteiger partial charge in [-0.15, -0.1) is 11.6 Å². The summed E-state index contributed by atoms with van der Waals surface area (Å²) < 4.78 is 6.48. The lowest BCUT2D eigenvalue weighted by Gasteiger charge is -2.10. The molecule has 1 aliphatic rings. The molecule has 6 heteroatoms. The summed E-state index contributed by atoms with van der Waals surface area (Å²) >= 11 is 7.51. The maximum absolute atomic E-state index is 11.8. The molecule has 19 heavy (non-hydrogen) atoms. The highest BCUT2D eigenvalue weighted by atomic mass is 35.5. The van der Waals surface area contributed by atoms with E-state index in [0.717, 1.165) is 21.1 Å². The van der Waals surface area contributed by atoms with Crippen molar-refractivity contribution < 1.29 is 9.53 Å². The van der Waals surface area contributed by atoms with Crippen molar-refractivity contribution in [1.82, 2.24) is 4.98 Å². The van der Waals surface area contributed by atoms with Gasteiger partial charge in [-0.2, -0.15) is 0 Å². The van der Waals surface area contributed by atoms with Gasteiger partial charge in [0.2, 0.25) is 5.91 Å². The molecule has 3 rings (SSSR count). The summed E-state index contributed by atoms with van der Waals surface area (Å²) in [5.41, 5.74) is 0.884. The molecular weight excluding hydrogens is 284 g/mol. The Balaban J connectivity index is 1.95. The second-order valence-corrected chi connectivity index (χ2v) is 5.99. The molecule has 1 unspecified atom stereocenters. The predicted octanol–water partition coefficient (Wildman–Crippen LogP) is 3.04. The normalized spacial score (nSPS) is 19.4. The van der Waals surface area contributed by atoms with Gasteiger partial charge in [0.15, 0.2) is 5.13 Å². The number of benzene rings is 1. The molecule has 0 aliphatic carbocycles. The van der Waals surface area contributed by atoms with Crippen LogP contribution in [0.2, 0.25) is 0 Å². The van der Waals surface area contributed by atoms with Gasteiger partial charge in [-0.25, -0.2) is 4.98 Å². The maximum Gasteiger partial charge on any atom is 0.230 e. The first-order valence-corrected chi connectivity index (χ1v) is 7.40. The Morgan fingerprint density at radius 2 is 2.42 bits per heavy atom. The first-order valence-electron chi connectivity index (χ1n) is 6.15. The molecule has 4 nitrogen and oxygen atoms in total. The van der Waals surface area contributed by atoms with Crippen LogP contribution in [-0.4, -0.2) is 29.4 Å². The number of hydrogen-bond acceptors (Lipinski definition) is 4. The lowest BCUT2D eigenvalue weighted by atomic mass is 10.3. The Hall–Kier alpha value is -1.33. The summed E-state index contributed by atoms with van der Waals surface area (Å²) in [5, 5.41) is 0.607. The Morgan fingerprint density at radius 1 is 1.58 bits per heavy atom. The van der Waals surface area contributed by atoms with Crippen LogP contribution in [0, 0.1) is 0 Å². The van der Waals surface area contributed by atoms with E-state index in [4.69, 9.17) is 16.3 Å². The number of alkyl halides is 1. The molecule has 0 N–H and O–H groups in total. The van der Waals surface area contributed by atoms with Crippen molar-refractivity contribution in [1.29, 1.82) is 0 Å². The van der Waals surface area contributed by atoms with Crippen molar-refractivity contribution in [3.63, 3.8) is 0 Å². The summed E-state index contributed by atoms with van der Waals surface area (Å²) in [6.45, 7) is 3.13. The third-order valence-electron chi connectivity index (χ3n) is 2.97. The van der Waals surface area contributed by atoms with Crippen LogP contribution in [0.1, 0.15) is 13.3 Å². The van der Waals surface area contributed by atoms with Crippen molar-refractivity contribution >= 4 is 44.2 Å². The maximum atomic E-state index is 11.8. The monoisotopic (exact) mass is 296 g/mol. The Kier molecular flexibility index (Phi) is 3.33. The fourth-order valence-electron chi connectivity index (χ4n) is 2.11. The van der Waals surface area contributed by atoms with Gasteiger partial charge in [0, 0.05) is 13.0 Å². The molecule has 0 bridgehead atoms. The van der Waals surface area contributed by atoms with Crippen LogP contribution in [-0.2, 0) is 4.79 Å². The SMILES string of the molecule is CCOc1ccc2nc(N3CC(Cl)CC3=O)sc2c1. The van der Waals surface area contributed by atoms with E-state index in [1.807, 2.05) is 25.1 Å². The molecule has 2 heterocycles. The van der Waals surface area contributed by atoms with Crippen LogP contribution in [0.3, 0.4) is 0 Å². The molecular formula is C13H13ClN2O2S. The lowest BCUT2D eigenvalue weighted by molar-refractivity contribution is -0.117. The number of carbonyl (C=O) groups excluding carboxylic acids is 1. The highest BCUT2D eigenvalue weighted by Gasteiger charge is 2.31. The van der Waals surface area contributed by atoms with E-state index >= 15 is 0 Å². The molecule has 1 aromatic heterocycles. The summed E-state index contributed by atoms with van der Waals surface area (Å²) in [6.07, 6.45) is 0.391. The van der Waals surface area contributed by atoms with E-state index in [1.165, 1.54) is 11.3 Å². The van der Waals surface area contributed by atoms with Crippen molar-refractivity contribution in [2.75, 3.05) is 18.1 Å². The van der Waals surface area contributed by atoms with Crippen LogP contribution < -0.4 is 9.64 Å². The first-order chi connectivity index (χ1) is 9.17. The van der Waals surface area contributed by atoms with E-state index in [-0.39, 0.29) is 11.3 Å². The molecule has 0 spiro atoms. The Morgan fingerprint density at radius 3 is 3.11 bits per heavy atom. The number of carbonyl (C=O) groups is 1. The quantitative estimate of drug-likeness (QED) is 0.818. The third kappa shape index (κ3) is 2.40. The van der Waals surface area contributed by atoms with Gasteiger partial charge in [0.1, 0.15) is 5.75 Å². The van der Waals surface area contributed by atoms with Crippen LogP contribution in [0.25, 0.3) is 10.2 Å². The zero-order valence-corrected chi connectivity index (χ0v) is 12.0. The summed E-state index contributed by atoms with van der Waals surface area (Å²) in [7, 11) is 0. The average Bonchev–Trinajstić information content (AvgIpc) is 2.92. The minimum absolute atomic E-state index is 0.0455. The third-order valence-corrected chi connectivity index (χ3v) is 4.30. The second-order valence-electron chi connectivity index (χ2n) is 4.36. The predicted molar refractivity (Wildman–Crippen MR) is 77.4 cm³/mol. The number of aromatic nitrogens is 1. The minimum Gasteiger partial charge on any atom is -0.494 e.